The van der Waals surface area contributed by atoms with Crippen molar-refractivity contribution in [1.29, 1.82) is 5.41 Å². The average molecular weight is 1110 g/mol. The number of nitrogens with zero attached hydrogens (tertiary/aromatic N) is 3. The first-order valence-corrected chi connectivity index (χ1v) is 30.6. The number of aromatic nitrogens is 1. The van der Waals surface area contributed by atoms with E-state index in [2.05, 4.69) is 302 Å². The van der Waals surface area contributed by atoms with Gasteiger partial charge in [0.15, 0.2) is 5.84 Å². The Hall–Kier alpha value is -8.68. The molecule has 0 fully saturated rings. The maximum Gasteiger partial charge on any atom is 0.154 e. The van der Waals surface area contributed by atoms with E-state index in [-0.39, 0.29) is 16.7 Å². The van der Waals surface area contributed by atoms with Crippen molar-refractivity contribution < 1.29 is 0 Å². The monoisotopic (exact) mass is 1110 g/mol. The lowest BCUT2D eigenvalue weighted by Crippen LogP contribution is -2.49. The second kappa shape index (κ2) is 21.3. The summed E-state index contributed by atoms with van der Waals surface area (Å²) in [5.41, 5.74) is 13.7. The molecular weight excluding hydrogens is 1050 g/mol. The van der Waals surface area contributed by atoms with Gasteiger partial charge in [-0.25, -0.2) is 4.99 Å². The van der Waals surface area contributed by atoms with Crippen LogP contribution in [0.25, 0.3) is 90.0 Å². The van der Waals surface area contributed by atoms with Crippen molar-refractivity contribution in [2.75, 3.05) is 13.6 Å². The Labute approximate surface area is 495 Å². The summed E-state index contributed by atoms with van der Waals surface area (Å²) in [6.07, 6.45) is 3.00. The fourth-order valence-electron chi connectivity index (χ4n) is 12.8. The van der Waals surface area contributed by atoms with Gasteiger partial charge >= 0.3 is 0 Å². The zero-order valence-electron chi connectivity index (χ0n) is 48.6. The van der Waals surface area contributed by atoms with Gasteiger partial charge in [0.05, 0.1) is 16.6 Å². The lowest BCUT2D eigenvalue weighted by Gasteiger charge is -2.44. The predicted octanol–water partition coefficient (Wildman–Crippen LogP) is 20.9. The molecule has 0 bridgehead atoms. The van der Waals surface area contributed by atoms with Crippen molar-refractivity contribution in [2.24, 2.45) is 4.99 Å². The molecule has 0 radical (unpaired) electrons. The van der Waals surface area contributed by atoms with Gasteiger partial charge in [-0.2, -0.15) is 0 Å². The summed E-state index contributed by atoms with van der Waals surface area (Å²) < 4.78 is 7.60. The first-order chi connectivity index (χ1) is 40.2. The first-order valence-electron chi connectivity index (χ1n) is 28.9. The molecular formula is C77H68N4S2. The van der Waals surface area contributed by atoms with Crippen molar-refractivity contribution in [2.45, 2.75) is 71.3 Å². The number of aliphatic imine (C=N–C) groups is 1. The third-order valence-electron chi connectivity index (χ3n) is 16.9. The molecule has 4 nitrogen and oxygen atoms in total. The van der Waals surface area contributed by atoms with Crippen LogP contribution >= 0.6 is 22.7 Å². The van der Waals surface area contributed by atoms with E-state index in [1.165, 1.54) is 90.8 Å². The molecule has 3 aromatic heterocycles. The van der Waals surface area contributed by atoms with Crippen LogP contribution in [0.1, 0.15) is 81.8 Å². The average Bonchev–Trinajstić information content (AvgIpc) is 1.71. The van der Waals surface area contributed by atoms with E-state index >= 15 is 0 Å². The highest BCUT2D eigenvalue weighted by Crippen LogP contribution is 2.51. The van der Waals surface area contributed by atoms with Crippen LogP contribution in [-0.2, 0) is 22.8 Å². The van der Waals surface area contributed by atoms with E-state index in [1.54, 1.807) is 11.3 Å². The summed E-state index contributed by atoms with van der Waals surface area (Å²) in [5, 5.41) is 17.5. The van der Waals surface area contributed by atoms with Crippen molar-refractivity contribution in [1.82, 2.24) is 9.47 Å². The molecule has 1 N–H and O–H groups in total. The van der Waals surface area contributed by atoms with E-state index < -0.39 is 5.54 Å². The normalized spacial score (nSPS) is 13.4. The van der Waals surface area contributed by atoms with Crippen LogP contribution < -0.4 is 0 Å². The fraction of sp³-hybridized carbons (Fsp3) is 0.169. The molecule has 0 aliphatic carbocycles. The van der Waals surface area contributed by atoms with Crippen LogP contribution in [-0.4, -0.2) is 34.7 Å². The Morgan fingerprint density at radius 3 is 1.40 bits per heavy atom. The highest BCUT2D eigenvalue weighted by molar-refractivity contribution is 7.26. The first kappa shape index (κ1) is 53.6. The molecule has 0 saturated carbocycles. The number of likely N-dealkylation sites (N-methyl/N-ethyl adjacent to an activating group) is 1. The maximum atomic E-state index is 10.1. The third-order valence-corrected chi connectivity index (χ3v) is 19.1. The molecule has 0 aliphatic heterocycles. The summed E-state index contributed by atoms with van der Waals surface area (Å²) in [5.74, 6) is 0.939. The second-order valence-corrected chi connectivity index (χ2v) is 26.6. The van der Waals surface area contributed by atoms with Crippen LogP contribution in [0.5, 0.6) is 0 Å². The molecule has 83 heavy (non-hydrogen) atoms. The molecule has 0 aliphatic rings. The number of hydrogen-bond acceptors (Lipinski definition) is 3. The molecule has 10 aromatic carbocycles. The Morgan fingerprint density at radius 1 is 0.470 bits per heavy atom. The Kier molecular flexibility index (Phi) is 13.7. The molecule has 13 aromatic rings. The minimum absolute atomic E-state index is 0.164. The quantitative estimate of drug-likeness (QED) is 0.102. The summed E-state index contributed by atoms with van der Waals surface area (Å²) in [7, 11) is 2.22. The van der Waals surface area contributed by atoms with Gasteiger partial charge in [0, 0.05) is 93.4 Å². The lowest BCUT2D eigenvalue weighted by atomic mass is 9.77. The van der Waals surface area contributed by atoms with Crippen molar-refractivity contribution in [3.05, 3.63) is 270 Å². The number of fused-ring (bicyclic) bond motifs is 9. The van der Waals surface area contributed by atoms with Crippen LogP contribution in [0.15, 0.2) is 242 Å². The van der Waals surface area contributed by atoms with Gasteiger partial charge in [-0.3, -0.25) is 5.41 Å². The van der Waals surface area contributed by atoms with E-state index in [4.69, 9.17) is 4.99 Å². The molecule has 0 saturated heterocycles. The Balaban J connectivity index is 1.16. The largest absolute Gasteiger partial charge is 0.356 e. The number of benzene rings is 10. The summed E-state index contributed by atoms with van der Waals surface area (Å²) in [6, 6.07) is 84.8. The van der Waals surface area contributed by atoms with Crippen LogP contribution in [0, 0.1) is 5.41 Å². The van der Waals surface area contributed by atoms with E-state index in [0.717, 1.165) is 38.4 Å². The minimum Gasteiger partial charge on any atom is -0.356 e. The molecule has 1 atom stereocenters. The molecule has 408 valence electrons. The standard InChI is InChI=1S/C77H68N4S2/c1-9-66(53-32-20-13-21-33-53)77(48-50-26-14-10-15-27-50,81-71-62(51-28-16-11-17-29-51)44-56(75(2,3)4)46-64(71)65-47-57(76(5,6)7)45-63(72(65)81)52-30-18-12-19-31-52)49-80(8)74(55-39-41-61-59-35-23-25-37-68(59)83-70(61)43-55)79-73(78)54-38-40-60-58-34-22-24-36-67(58)82-69(60)42-54/h9-47,78H,48-49H2,1-8H3/b66-9-,78-73?,79-74-. The van der Waals surface area contributed by atoms with E-state index in [9.17, 15) is 5.41 Å². The van der Waals surface area contributed by atoms with Crippen LogP contribution in [0.4, 0.5) is 0 Å². The second-order valence-electron chi connectivity index (χ2n) is 24.4. The molecule has 3 heterocycles. The van der Waals surface area contributed by atoms with E-state index in [1.807, 2.05) is 11.3 Å². The van der Waals surface area contributed by atoms with Crippen molar-refractivity contribution >= 4 is 102 Å². The van der Waals surface area contributed by atoms with E-state index in [0.29, 0.717) is 13.0 Å². The molecule has 13 rings (SSSR count). The Morgan fingerprint density at radius 2 is 0.904 bits per heavy atom. The van der Waals surface area contributed by atoms with Gasteiger partial charge in [0.25, 0.3) is 0 Å². The molecule has 0 spiro atoms. The van der Waals surface area contributed by atoms with Gasteiger partial charge < -0.3 is 9.47 Å². The topological polar surface area (TPSA) is 44.4 Å². The third kappa shape index (κ3) is 9.78. The van der Waals surface area contributed by atoms with Gasteiger partial charge in [-0.15, -0.1) is 22.7 Å². The number of nitrogens with one attached hydrogen (secondary N) is 1. The number of hydrogen-bond donors (Lipinski definition) is 1. The van der Waals surface area contributed by atoms with Gasteiger partial charge in [-0.1, -0.05) is 230 Å². The van der Waals surface area contributed by atoms with Gasteiger partial charge in [0.1, 0.15) is 5.84 Å². The SMILES string of the molecule is C/C=C(/c1ccccc1)C(Cc1ccccc1)(CN(C)/C(=N\C(=N)c1ccc2c(c1)sc1ccccc12)c1ccc2c(c1)sc1ccccc12)n1c2c(-c3ccccc3)cc(C(C)(C)C)cc2c2cc(C(C)(C)C)cc(-c3ccccc3)c21. The van der Waals surface area contributed by atoms with Crippen LogP contribution in [0.3, 0.4) is 0 Å². The number of amidine groups is 2. The summed E-state index contributed by atoms with van der Waals surface area (Å²) in [4.78, 5) is 7.99. The molecule has 6 heteroatoms. The zero-order valence-corrected chi connectivity index (χ0v) is 50.2. The Bertz CT molecular complexity index is 4550. The smallest absolute Gasteiger partial charge is 0.154 e. The fourth-order valence-corrected chi connectivity index (χ4v) is 15.0. The molecule has 1 unspecified atom stereocenters. The van der Waals surface area contributed by atoms with Gasteiger partial charge in [-0.05, 0) is 105 Å². The highest BCUT2D eigenvalue weighted by atomic mass is 32.1. The summed E-state index contributed by atoms with van der Waals surface area (Å²) in [6.45, 7) is 16.7. The summed E-state index contributed by atoms with van der Waals surface area (Å²) >= 11 is 3.58. The number of thiophene rings is 2. The van der Waals surface area contributed by atoms with Crippen LogP contribution in [0.2, 0.25) is 0 Å². The number of allylic oxidation sites excluding steroid dienone is 1. The number of rotatable bonds is 11. The molecule has 0 amide bonds. The maximum absolute atomic E-state index is 10.1. The zero-order chi connectivity index (χ0) is 57.2. The highest BCUT2D eigenvalue weighted by Gasteiger charge is 2.43. The van der Waals surface area contributed by atoms with Crippen molar-refractivity contribution in [3.8, 4) is 22.3 Å². The van der Waals surface area contributed by atoms with Gasteiger partial charge in [0.2, 0.25) is 0 Å². The van der Waals surface area contributed by atoms with Crippen molar-refractivity contribution in [3.63, 3.8) is 0 Å². The minimum atomic E-state index is -0.883. The lowest BCUT2D eigenvalue weighted by molar-refractivity contribution is 0.311. The predicted molar refractivity (Wildman–Crippen MR) is 361 cm³/mol.